The average Bonchev–Trinajstić information content (AvgIpc) is 3.25. The predicted molar refractivity (Wildman–Crippen MR) is 102 cm³/mol. The van der Waals surface area contributed by atoms with E-state index in [9.17, 15) is 9.59 Å². The number of nitrogens with zero attached hydrogens (tertiary/aromatic N) is 5. The van der Waals surface area contributed by atoms with Crippen LogP contribution in [0, 0.1) is 17.8 Å². The largest absolute Gasteiger partial charge is 0.369 e. The predicted octanol–water partition coefficient (Wildman–Crippen LogP) is 2.31. The molecule has 0 atom stereocenters. The van der Waals surface area contributed by atoms with E-state index in [1.807, 2.05) is 17.5 Å². The fraction of sp³-hybridized carbons (Fsp3) is 0.684. The Kier molecular flexibility index (Phi) is 4.00. The lowest BCUT2D eigenvalue weighted by Gasteiger charge is -2.60. The number of rotatable bonds is 5. The van der Waals surface area contributed by atoms with Gasteiger partial charge in [-0.05, 0) is 91.1 Å². The smallest absolute Gasteiger partial charge is 0.336 e. The van der Waals surface area contributed by atoms with E-state index in [1.165, 1.54) is 40.0 Å². The Morgan fingerprint density at radius 1 is 1.22 bits per heavy atom. The van der Waals surface area contributed by atoms with E-state index in [0.29, 0.717) is 11.5 Å². The van der Waals surface area contributed by atoms with Crippen LogP contribution in [0.15, 0.2) is 22.3 Å². The first-order valence-electron chi connectivity index (χ1n) is 9.95. The lowest BCUT2D eigenvalue weighted by molar-refractivity contribution is -0.151. The summed E-state index contributed by atoms with van der Waals surface area (Å²) in [4.78, 5) is 27.9. The van der Waals surface area contributed by atoms with E-state index in [0.717, 1.165) is 37.0 Å². The molecule has 4 fully saturated rings. The summed E-state index contributed by atoms with van der Waals surface area (Å²) in [6.45, 7) is 2.72. The molecular weight excluding hydrogens is 362 g/mol. The maximum Gasteiger partial charge on any atom is 0.369 e. The number of aromatic nitrogens is 4. The Morgan fingerprint density at radius 3 is 2.44 bits per heavy atom. The number of likely N-dealkylation sites (N-methyl/N-ethyl adjacent to an activating group) is 1. The van der Waals surface area contributed by atoms with E-state index in [-0.39, 0.29) is 23.7 Å². The molecule has 0 N–H and O–H groups in total. The standard InChI is InChI=1S/C19H25N5O2S/c1-2-22(19-9-13-6-14(10-19)8-15(7-13)11-19)16(25)12-23-18(26)24(21-20-23)17-4-3-5-27-17/h3-5,13-15H,2,6-12H2,1H3. The molecule has 1 amide bonds. The minimum Gasteiger partial charge on any atom is -0.336 e. The highest BCUT2D eigenvalue weighted by atomic mass is 32.1. The highest BCUT2D eigenvalue weighted by molar-refractivity contribution is 7.12. The van der Waals surface area contributed by atoms with Crippen LogP contribution in [-0.2, 0) is 11.3 Å². The Balaban J connectivity index is 1.38. The number of hydrogen-bond donors (Lipinski definition) is 0. The van der Waals surface area contributed by atoms with Crippen molar-refractivity contribution < 1.29 is 4.79 Å². The van der Waals surface area contributed by atoms with Crippen LogP contribution in [0.1, 0.15) is 45.4 Å². The highest BCUT2D eigenvalue weighted by Crippen LogP contribution is 2.57. The van der Waals surface area contributed by atoms with Crippen molar-refractivity contribution in [1.29, 1.82) is 0 Å². The van der Waals surface area contributed by atoms with Crippen molar-refractivity contribution in [2.24, 2.45) is 17.8 Å². The molecule has 0 saturated heterocycles. The van der Waals surface area contributed by atoms with Crippen LogP contribution in [0.25, 0.3) is 5.00 Å². The normalized spacial score (nSPS) is 31.4. The Morgan fingerprint density at radius 2 is 1.89 bits per heavy atom. The van der Waals surface area contributed by atoms with Gasteiger partial charge in [-0.15, -0.1) is 11.3 Å². The van der Waals surface area contributed by atoms with E-state index in [2.05, 4.69) is 22.3 Å². The van der Waals surface area contributed by atoms with Gasteiger partial charge in [-0.2, -0.15) is 9.36 Å². The van der Waals surface area contributed by atoms with Crippen molar-refractivity contribution in [3.05, 3.63) is 28.0 Å². The minimum atomic E-state index is -0.354. The monoisotopic (exact) mass is 387 g/mol. The molecule has 8 heteroatoms. The van der Waals surface area contributed by atoms with Crippen molar-refractivity contribution in [2.75, 3.05) is 6.54 Å². The minimum absolute atomic E-state index is 0.000204. The quantitative estimate of drug-likeness (QED) is 0.789. The molecule has 4 bridgehead atoms. The van der Waals surface area contributed by atoms with Crippen LogP contribution in [0.5, 0.6) is 0 Å². The van der Waals surface area contributed by atoms with Gasteiger partial charge >= 0.3 is 5.69 Å². The number of thiophene rings is 1. The van der Waals surface area contributed by atoms with Crippen LogP contribution in [0.3, 0.4) is 0 Å². The summed E-state index contributed by atoms with van der Waals surface area (Å²) in [6, 6.07) is 3.68. The first-order valence-corrected chi connectivity index (χ1v) is 10.8. The van der Waals surface area contributed by atoms with E-state index in [1.54, 1.807) is 0 Å². The average molecular weight is 388 g/mol. The van der Waals surface area contributed by atoms with Crippen molar-refractivity contribution >= 4 is 17.2 Å². The summed E-state index contributed by atoms with van der Waals surface area (Å²) in [5.41, 5.74) is -0.346. The number of tetrazole rings is 1. The first kappa shape index (κ1) is 17.2. The number of carbonyl (C=O) groups excluding carboxylic acids is 1. The zero-order chi connectivity index (χ0) is 18.6. The highest BCUT2D eigenvalue weighted by Gasteiger charge is 2.54. The number of hydrogen-bond acceptors (Lipinski definition) is 5. The Hall–Kier alpha value is -1.96. The molecule has 0 spiro atoms. The molecule has 2 aromatic rings. The SMILES string of the molecule is CCN(C(=O)Cn1nnn(-c2cccs2)c1=O)C12CC3CC(CC(C3)C1)C2. The molecule has 4 aliphatic rings. The third kappa shape index (κ3) is 2.76. The number of carbonyl (C=O) groups is 1. The van der Waals surface area contributed by atoms with Crippen molar-refractivity contribution in [3.8, 4) is 5.00 Å². The molecule has 27 heavy (non-hydrogen) atoms. The summed E-state index contributed by atoms with van der Waals surface area (Å²) in [6.07, 6.45) is 7.44. The van der Waals surface area contributed by atoms with Crippen LogP contribution < -0.4 is 5.69 Å². The fourth-order valence-electron chi connectivity index (χ4n) is 6.29. The molecule has 7 nitrogen and oxygen atoms in total. The second-order valence-corrected chi connectivity index (χ2v) is 9.49. The van der Waals surface area contributed by atoms with Gasteiger partial charge in [-0.1, -0.05) is 0 Å². The zero-order valence-corrected chi connectivity index (χ0v) is 16.4. The Bertz CT molecular complexity index is 864. The second-order valence-electron chi connectivity index (χ2n) is 8.56. The van der Waals surface area contributed by atoms with Gasteiger partial charge in [-0.3, -0.25) is 4.79 Å². The van der Waals surface area contributed by atoms with Crippen LogP contribution in [-0.4, -0.2) is 42.7 Å². The van der Waals surface area contributed by atoms with E-state index < -0.39 is 0 Å². The molecule has 2 heterocycles. The second kappa shape index (κ2) is 6.29. The summed E-state index contributed by atoms with van der Waals surface area (Å²) in [5.74, 6) is 2.33. The maximum absolute atomic E-state index is 13.2. The van der Waals surface area contributed by atoms with Gasteiger partial charge in [-0.25, -0.2) is 4.79 Å². The fourth-order valence-corrected chi connectivity index (χ4v) is 6.96. The van der Waals surface area contributed by atoms with Gasteiger partial charge in [0.05, 0.1) is 0 Å². The summed E-state index contributed by atoms with van der Waals surface area (Å²) in [7, 11) is 0. The maximum atomic E-state index is 13.2. The number of amides is 1. The molecule has 0 radical (unpaired) electrons. The van der Waals surface area contributed by atoms with Gasteiger partial charge in [0.1, 0.15) is 11.5 Å². The lowest BCUT2D eigenvalue weighted by atomic mass is 9.52. The lowest BCUT2D eigenvalue weighted by Crippen LogP contribution is -2.62. The molecule has 0 aliphatic heterocycles. The summed E-state index contributed by atoms with van der Waals surface area (Å²) < 4.78 is 2.46. The summed E-state index contributed by atoms with van der Waals surface area (Å²) in [5, 5.41) is 10.5. The molecule has 4 saturated carbocycles. The van der Waals surface area contributed by atoms with Gasteiger partial charge < -0.3 is 4.90 Å². The van der Waals surface area contributed by atoms with Gasteiger partial charge in [0.15, 0.2) is 0 Å². The van der Waals surface area contributed by atoms with Crippen LogP contribution in [0.4, 0.5) is 0 Å². The van der Waals surface area contributed by atoms with Crippen LogP contribution in [0.2, 0.25) is 0 Å². The molecule has 4 aliphatic carbocycles. The van der Waals surface area contributed by atoms with Gasteiger partial charge in [0.2, 0.25) is 5.91 Å². The van der Waals surface area contributed by atoms with E-state index >= 15 is 0 Å². The van der Waals surface area contributed by atoms with Crippen molar-refractivity contribution in [3.63, 3.8) is 0 Å². The third-order valence-corrected chi connectivity index (χ3v) is 7.68. The molecule has 0 unspecified atom stereocenters. The first-order chi connectivity index (χ1) is 13.1. The topological polar surface area (TPSA) is 73.0 Å². The van der Waals surface area contributed by atoms with Crippen LogP contribution >= 0.6 is 11.3 Å². The summed E-state index contributed by atoms with van der Waals surface area (Å²) >= 11 is 1.42. The zero-order valence-electron chi connectivity index (χ0n) is 15.6. The van der Waals surface area contributed by atoms with Gasteiger partial charge in [0.25, 0.3) is 0 Å². The molecular formula is C19H25N5O2S. The molecule has 6 rings (SSSR count). The van der Waals surface area contributed by atoms with Crippen molar-refractivity contribution in [2.45, 2.75) is 57.5 Å². The molecule has 2 aromatic heterocycles. The van der Waals surface area contributed by atoms with Gasteiger partial charge in [0, 0.05) is 12.1 Å². The Labute approximate surface area is 161 Å². The third-order valence-electron chi connectivity index (χ3n) is 6.84. The van der Waals surface area contributed by atoms with Crippen molar-refractivity contribution in [1.82, 2.24) is 24.7 Å². The molecule has 144 valence electrons. The van der Waals surface area contributed by atoms with E-state index in [4.69, 9.17) is 0 Å². The molecule has 0 aromatic carbocycles.